The number of carbonyl (C=O) groups is 1. The Morgan fingerprint density at radius 1 is 1.53 bits per heavy atom. The van der Waals surface area contributed by atoms with Gasteiger partial charge in [-0.25, -0.2) is 0 Å². The van der Waals surface area contributed by atoms with Crippen LogP contribution in [-0.2, 0) is 4.79 Å². The molecule has 0 spiro atoms. The first kappa shape index (κ1) is 12.4. The van der Waals surface area contributed by atoms with Gasteiger partial charge >= 0.3 is 0 Å². The first-order chi connectivity index (χ1) is 7.00. The van der Waals surface area contributed by atoms with Gasteiger partial charge in [-0.15, -0.1) is 0 Å². The largest absolute Gasteiger partial charge is 0.391 e. The maximum Gasteiger partial charge on any atom is 0.239 e. The lowest BCUT2D eigenvalue weighted by molar-refractivity contribution is -0.125. The Labute approximate surface area is 90.6 Å². The van der Waals surface area contributed by atoms with Crippen LogP contribution in [0.1, 0.15) is 19.8 Å². The molecule has 5 nitrogen and oxygen atoms in total. The summed E-state index contributed by atoms with van der Waals surface area (Å²) in [5.41, 5.74) is 5.53. The Bertz CT molecular complexity index is 213. The number of amides is 1. The normalized spacial score (nSPS) is 23.5. The monoisotopic (exact) mass is 215 g/mol. The second-order valence-electron chi connectivity index (χ2n) is 4.35. The van der Waals surface area contributed by atoms with Crippen LogP contribution in [0.25, 0.3) is 0 Å². The zero-order valence-corrected chi connectivity index (χ0v) is 9.44. The van der Waals surface area contributed by atoms with Crippen molar-refractivity contribution in [3.8, 4) is 0 Å². The minimum atomic E-state index is -0.815. The van der Waals surface area contributed by atoms with Gasteiger partial charge in [0.05, 0.1) is 6.10 Å². The SMILES string of the molecule is CC(O)C(N)C(=O)NC1CCN(C)CC1. The van der Waals surface area contributed by atoms with E-state index in [2.05, 4.69) is 17.3 Å². The molecule has 1 heterocycles. The summed E-state index contributed by atoms with van der Waals surface area (Å²) >= 11 is 0. The van der Waals surface area contributed by atoms with E-state index in [0.29, 0.717) is 0 Å². The zero-order chi connectivity index (χ0) is 11.4. The molecule has 0 aromatic carbocycles. The van der Waals surface area contributed by atoms with Gasteiger partial charge in [-0.05, 0) is 39.9 Å². The second-order valence-corrected chi connectivity index (χ2v) is 4.35. The lowest BCUT2D eigenvalue weighted by Crippen LogP contribution is -2.52. The summed E-state index contributed by atoms with van der Waals surface area (Å²) in [5.74, 6) is -0.250. The van der Waals surface area contributed by atoms with Crippen LogP contribution >= 0.6 is 0 Å². The number of nitrogens with zero attached hydrogens (tertiary/aromatic N) is 1. The van der Waals surface area contributed by atoms with Crippen molar-refractivity contribution in [2.75, 3.05) is 20.1 Å². The van der Waals surface area contributed by atoms with E-state index in [4.69, 9.17) is 10.8 Å². The molecule has 1 aliphatic rings. The molecule has 2 unspecified atom stereocenters. The number of hydrogen-bond acceptors (Lipinski definition) is 4. The molecule has 0 bridgehead atoms. The van der Waals surface area contributed by atoms with Crippen LogP contribution in [0.3, 0.4) is 0 Å². The predicted molar refractivity (Wildman–Crippen MR) is 58.3 cm³/mol. The lowest BCUT2D eigenvalue weighted by atomic mass is 10.0. The van der Waals surface area contributed by atoms with Gasteiger partial charge in [-0.3, -0.25) is 4.79 Å². The quantitative estimate of drug-likeness (QED) is 0.559. The predicted octanol–water partition coefficient (Wildman–Crippen LogP) is -1.10. The second kappa shape index (κ2) is 5.44. The molecule has 1 rings (SSSR count). The third-order valence-corrected chi connectivity index (χ3v) is 2.89. The molecule has 5 heteroatoms. The molecule has 0 radical (unpaired) electrons. The van der Waals surface area contributed by atoms with E-state index in [1.807, 2.05) is 0 Å². The van der Waals surface area contributed by atoms with Gasteiger partial charge in [-0.1, -0.05) is 0 Å². The minimum absolute atomic E-state index is 0.207. The molecule has 0 saturated carbocycles. The van der Waals surface area contributed by atoms with Gasteiger partial charge in [0, 0.05) is 6.04 Å². The Morgan fingerprint density at radius 2 is 2.07 bits per heavy atom. The number of rotatable bonds is 3. The highest BCUT2D eigenvalue weighted by atomic mass is 16.3. The van der Waals surface area contributed by atoms with Crippen LogP contribution in [0.15, 0.2) is 0 Å². The van der Waals surface area contributed by atoms with Crippen molar-refractivity contribution in [1.82, 2.24) is 10.2 Å². The molecule has 2 atom stereocenters. The molecular weight excluding hydrogens is 194 g/mol. The molecule has 4 N–H and O–H groups in total. The highest BCUT2D eigenvalue weighted by molar-refractivity contribution is 5.82. The Balaban J connectivity index is 2.32. The molecule has 1 fully saturated rings. The van der Waals surface area contributed by atoms with Gasteiger partial charge in [0.1, 0.15) is 6.04 Å². The van der Waals surface area contributed by atoms with E-state index in [0.717, 1.165) is 25.9 Å². The molecule has 1 saturated heterocycles. The molecule has 0 aliphatic carbocycles. The van der Waals surface area contributed by atoms with E-state index in [9.17, 15) is 4.79 Å². The zero-order valence-electron chi connectivity index (χ0n) is 9.44. The van der Waals surface area contributed by atoms with Gasteiger partial charge in [-0.2, -0.15) is 0 Å². The molecular formula is C10H21N3O2. The van der Waals surface area contributed by atoms with Gasteiger partial charge in [0.2, 0.25) is 5.91 Å². The number of likely N-dealkylation sites (tertiary alicyclic amines) is 1. The number of piperidine rings is 1. The molecule has 0 aromatic rings. The van der Waals surface area contributed by atoms with Crippen LogP contribution < -0.4 is 11.1 Å². The fourth-order valence-corrected chi connectivity index (χ4v) is 1.67. The Morgan fingerprint density at radius 3 is 2.53 bits per heavy atom. The molecule has 88 valence electrons. The van der Waals surface area contributed by atoms with Crippen LogP contribution in [-0.4, -0.2) is 54.2 Å². The summed E-state index contributed by atoms with van der Waals surface area (Å²) in [5, 5.41) is 12.0. The van der Waals surface area contributed by atoms with E-state index < -0.39 is 12.1 Å². The lowest BCUT2D eigenvalue weighted by Gasteiger charge is -2.30. The fourth-order valence-electron chi connectivity index (χ4n) is 1.67. The van der Waals surface area contributed by atoms with E-state index in [-0.39, 0.29) is 11.9 Å². The number of aliphatic hydroxyl groups is 1. The van der Waals surface area contributed by atoms with Crippen molar-refractivity contribution in [1.29, 1.82) is 0 Å². The number of carbonyl (C=O) groups excluding carboxylic acids is 1. The van der Waals surface area contributed by atoms with Crippen LogP contribution in [0.5, 0.6) is 0 Å². The standard InChI is InChI=1S/C10H21N3O2/c1-7(14)9(11)10(15)12-8-3-5-13(2)6-4-8/h7-9,14H,3-6,11H2,1-2H3,(H,12,15). The third-order valence-electron chi connectivity index (χ3n) is 2.89. The Kier molecular flexibility index (Phi) is 4.50. The van der Waals surface area contributed by atoms with E-state index in [1.165, 1.54) is 6.92 Å². The van der Waals surface area contributed by atoms with Gasteiger partial charge in [0.15, 0.2) is 0 Å². The maximum atomic E-state index is 11.5. The summed E-state index contributed by atoms with van der Waals surface area (Å²) in [7, 11) is 2.07. The van der Waals surface area contributed by atoms with Crippen LogP contribution in [0, 0.1) is 0 Å². The average Bonchev–Trinajstić information content (AvgIpc) is 2.20. The van der Waals surface area contributed by atoms with Crippen molar-refractivity contribution in [3.63, 3.8) is 0 Å². The molecule has 1 aliphatic heterocycles. The highest BCUT2D eigenvalue weighted by Gasteiger charge is 2.23. The number of nitrogens with two attached hydrogens (primary N) is 1. The van der Waals surface area contributed by atoms with Crippen LogP contribution in [0.2, 0.25) is 0 Å². The van der Waals surface area contributed by atoms with Crippen molar-refractivity contribution < 1.29 is 9.90 Å². The summed E-state index contributed by atoms with van der Waals surface area (Å²) in [6, 6.07) is -0.608. The number of hydrogen-bond donors (Lipinski definition) is 3. The maximum absolute atomic E-state index is 11.5. The van der Waals surface area contributed by atoms with E-state index in [1.54, 1.807) is 0 Å². The highest BCUT2D eigenvalue weighted by Crippen LogP contribution is 2.08. The van der Waals surface area contributed by atoms with Gasteiger partial charge < -0.3 is 21.1 Å². The molecule has 1 amide bonds. The molecule has 0 aromatic heterocycles. The van der Waals surface area contributed by atoms with Crippen LogP contribution in [0.4, 0.5) is 0 Å². The van der Waals surface area contributed by atoms with Crippen molar-refractivity contribution >= 4 is 5.91 Å². The van der Waals surface area contributed by atoms with Gasteiger partial charge in [0.25, 0.3) is 0 Å². The summed E-state index contributed by atoms with van der Waals surface area (Å²) in [6.07, 6.45) is 1.11. The fraction of sp³-hybridized carbons (Fsp3) is 0.900. The van der Waals surface area contributed by atoms with Crippen molar-refractivity contribution in [2.45, 2.75) is 38.0 Å². The topological polar surface area (TPSA) is 78.6 Å². The van der Waals surface area contributed by atoms with E-state index >= 15 is 0 Å². The summed E-state index contributed by atoms with van der Waals surface area (Å²) in [4.78, 5) is 13.8. The molecule has 15 heavy (non-hydrogen) atoms. The smallest absolute Gasteiger partial charge is 0.239 e. The third kappa shape index (κ3) is 3.77. The first-order valence-electron chi connectivity index (χ1n) is 5.43. The summed E-state index contributed by atoms with van der Waals surface area (Å²) in [6.45, 7) is 3.52. The first-order valence-corrected chi connectivity index (χ1v) is 5.43. The average molecular weight is 215 g/mol. The van der Waals surface area contributed by atoms with Crippen molar-refractivity contribution in [2.24, 2.45) is 5.73 Å². The van der Waals surface area contributed by atoms with Crippen molar-refractivity contribution in [3.05, 3.63) is 0 Å². The number of nitrogens with one attached hydrogen (secondary N) is 1. The summed E-state index contributed by atoms with van der Waals surface area (Å²) < 4.78 is 0. The number of aliphatic hydroxyl groups excluding tert-OH is 1. The minimum Gasteiger partial charge on any atom is -0.391 e. The Hall–Kier alpha value is -0.650.